The van der Waals surface area contributed by atoms with Gasteiger partial charge in [-0.25, -0.2) is 0 Å². The summed E-state index contributed by atoms with van der Waals surface area (Å²) in [5.74, 6) is 1.55. The lowest BCUT2D eigenvalue weighted by atomic mass is 9.66. The van der Waals surface area contributed by atoms with E-state index in [9.17, 15) is 5.26 Å². The van der Waals surface area contributed by atoms with E-state index in [1.54, 1.807) is 11.8 Å². The summed E-state index contributed by atoms with van der Waals surface area (Å²) in [6.45, 7) is 0. The van der Waals surface area contributed by atoms with Gasteiger partial charge in [-0.1, -0.05) is 78.5 Å². The van der Waals surface area contributed by atoms with Gasteiger partial charge in [0.25, 0.3) is 0 Å². The van der Waals surface area contributed by atoms with Gasteiger partial charge in [0.15, 0.2) is 0 Å². The average molecular weight is 722 g/mol. The summed E-state index contributed by atoms with van der Waals surface area (Å²) in [5, 5.41) is 11.9. The molecule has 9 aromatic rings. The van der Waals surface area contributed by atoms with Crippen LogP contribution in [0.2, 0.25) is 0 Å². The number of nitriles is 1. The first-order valence-corrected chi connectivity index (χ1v) is 19.0. The highest BCUT2D eigenvalue weighted by atomic mass is 32.2. The number of hydrogen-bond donors (Lipinski definition) is 0. The number of rotatable bonds is 2. The van der Waals surface area contributed by atoms with Crippen molar-refractivity contribution in [3.63, 3.8) is 0 Å². The lowest BCUT2D eigenvalue weighted by molar-refractivity contribution is 0.436. The van der Waals surface area contributed by atoms with E-state index in [0.29, 0.717) is 5.56 Å². The molecule has 0 unspecified atom stereocenters. The number of benzene rings is 6. The molecule has 0 N–H and O–H groups in total. The zero-order valence-electron chi connectivity index (χ0n) is 29.1. The number of hydrogen-bond acceptors (Lipinski definition) is 6. The molecule has 0 saturated heterocycles. The molecule has 0 radical (unpaired) electrons. The predicted molar refractivity (Wildman–Crippen MR) is 217 cm³/mol. The Kier molecular flexibility index (Phi) is 6.17. The molecule has 1 spiro atoms. The van der Waals surface area contributed by atoms with Crippen LogP contribution in [0.3, 0.4) is 0 Å². The van der Waals surface area contributed by atoms with Crippen LogP contribution < -0.4 is 9.64 Å². The fourth-order valence-corrected chi connectivity index (χ4v) is 10.2. The Labute approximate surface area is 320 Å². The van der Waals surface area contributed by atoms with Gasteiger partial charge in [-0.05, 0) is 83.9 Å². The van der Waals surface area contributed by atoms with E-state index in [0.717, 1.165) is 89.7 Å². The maximum Gasteiger partial charge on any atom is 0.134 e. The quantitative estimate of drug-likeness (QED) is 0.177. The number of ether oxygens (including phenoxy) is 1. The second-order valence-corrected chi connectivity index (χ2v) is 15.2. The zero-order chi connectivity index (χ0) is 36.3. The summed E-state index contributed by atoms with van der Waals surface area (Å²) in [5.41, 5.74) is 12.3. The van der Waals surface area contributed by atoms with Gasteiger partial charge in [-0.15, -0.1) is 0 Å². The monoisotopic (exact) mass is 721 g/mol. The minimum absolute atomic E-state index is 0.636. The number of nitrogens with zero attached hydrogens (tertiary/aromatic N) is 5. The molecule has 0 fully saturated rings. The van der Waals surface area contributed by atoms with E-state index in [1.165, 1.54) is 9.79 Å². The molecule has 0 saturated carbocycles. The van der Waals surface area contributed by atoms with Crippen LogP contribution in [0, 0.1) is 11.3 Å². The van der Waals surface area contributed by atoms with Crippen LogP contribution in [0.4, 0.5) is 17.1 Å². The van der Waals surface area contributed by atoms with Gasteiger partial charge >= 0.3 is 0 Å². The topological polar surface area (TPSA) is 67.0 Å². The first kappa shape index (κ1) is 30.3. The maximum absolute atomic E-state index is 9.76. The highest BCUT2D eigenvalue weighted by Crippen LogP contribution is 2.62. The van der Waals surface area contributed by atoms with Crippen LogP contribution in [0.1, 0.15) is 27.8 Å². The third-order valence-electron chi connectivity index (χ3n) is 11.4. The largest absolute Gasteiger partial charge is 0.457 e. The smallest absolute Gasteiger partial charge is 0.134 e. The first-order valence-electron chi connectivity index (χ1n) is 18.2. The molecule has 0 bridgehead atoms. The van der Waals surface area contributed by atoms with Crippen LogP contribution >= 0.6 is 11.8 Å². The number of aromatic nitrogens is 3. The standard InChI is InChI=1S/C48H27N5OS/c49-28-29-17-22-39-33(25-29)32-9-1-2-12-38(32)52(39)30-18-20-34-42(26-30)54-43-27-31(53-40-13-3-5-15-44(40)55-45-16-6-4-14-41(45)53)19-21-35(43)48(34)36-10-7-23-50-46(36)47-37(48)11-8-24-51-47/h1-27H. The van der Waals surface area contributed by atoms with Crippen molar-refractivity contribution in [2.45, 2.75) is 15.2 Å². The van der Waals surface area contributed by atoms with E-state index >= 15 is 0 Å². The molecular weight excluding hydrogens is 695 g/mol. The van der Waals surface area contributed by atoms with Crippen molar-refractivity contribution in [1.82, 2.24) is 14.5 Å². The van der Waals surface area contributed by atoms with E-state index in [2.05, 4.69) is 131 Å². The van der Waals surface area contributed by atoms with E-state index in [4.69, 9.17) is 14.7 Å². The Morgan fingerprint density at radius 3 is 1.84 bits per heavy atom. The van der Waals surface area contributed by atoms with Crippen molar-refractivity contribution in [2.75, 3.05) is 4.90 Å². The molecule has 0 atom stereocenters. The second-order valence-electron chi connectivity index (χ2n) is 14.1. The van der Waals surface area contributed by atoms with Gasteiger partial charge in [0.1, 0.15) is 11.5 Å². The molecule has 6 nitrogen and oxygen atoms in total. The van der Waals surface area contributed by atoms with Crippen LogP contribution in [0.25, 0.3) is 38.9 Å². The molecule has 2 aliphatic heterocycles. The lowest BCUT2D eigenvalue weighted by Crippen LogP contribution is -2.32. The van der Waals surface area contributed by atoms with Crippen molar-refractivity contribution in [3.05, 3.63) is 192 Å². The predicted octanol–water partition coefficient (Wildman–Crippen LogP) is 11.8. The maximum atomic E-state index is 9.76. The van der Waals surface area contributed by atoms with Gasteiger partial charge in [0.2, 0.25) is 0 Å². The zero-order valence-corrected chi connectivity index (χ0v) is 30.0. The van der Waals surface area contributed by atoms with Gasteiger partial charge in [0.05, 0.1) is 50.8 Å². The molecule has 3 aliphatic rings. The molecule has 12 rings (SSSR count). The molecular formula is C48H27N5OS. The summed E-state index contributed by atoms with van der Waals surface area (Å²) in [6.07, 6.45) is 3.71. The third-order valence-corrected chi connectivity index (χ3v) is 12.5. The number of fused-ring (bicyclic) bond motifs is 14. The highest BCUT2D eigenvalue weighted by Gasteiger charge is 2.52. The first-order chi connectivity index (χ1) is 27.2. The summed E-state index contributed by atoms with van der Waals surface area (Å²) < 4.78 is 9.44. The van der Waals surface area contributed by atoms with Crippen molar-refractivity contribution in [3.8, 4) is 34.6 Å². The van der Waals surface area contributed by atoms with Crippen LogP contribution in [-0.4, -0.2) is 14.5 Å². The van der Waals surface area contributed by atoms with Gasteiger partial charge in [0, 0.05) is 67.6 Å². The lowest BCUT2D eigenvalue weighted by Gasteiger charge is -2.40. The van der Waals surface area contributed by atoms with E-state index in [-0.39, 0.29) is 0 Å². The minimum Gasteiger partial charge on any atom is -0.457 e. The summed E-state index contributed by atoms with van der Waals surface area (Å²) in [7, 11) is 0. The summed E-state index contributed by atoms with van der Waals surface area (Å²) in [4.78, 5) is 14.6. The van der Waals surface area contributed by atoms with Crippen molar-refractivity contribution >= 4 is 50.6 Å². The number of para-hydroxylation sites is 3. The van der Waals surface area contributed by atoms with Crippen LogP contribution in [0.15, 0.2) is 174 Å². The Balaban J connectivity index is 1.13. The Bertz CT molecular complexity index is 3070. The average Bonchev–Trinajstić information content (AvgIpc) is 3.73. The molecule has 7 heteroatoms. The molecule has 1 aliphatic carbocycles. The fourth-order valence-electron chi connectivity index (χ4n) is 9.17. The van der Waals surface area contributed by atoms with Crippen LogP contribution in [0.5, 0.6) is 11.5 Å². The van der Waals surface area contributed by atoms with Gasteiger partial charge in [-0.2, -0.15) is 5.26 Å². The Morgan fingerprint density at radius 1 is 0.545 bits per heavy atom. The number of anilines is 3. The summed E-state index contributed by atoms with van der Waals surface area (Å²) in [6, 6.07) is 55.5. The third kappa shape index (κ3) is 4.04. The SMILES string of the molecule is N#Cc1ccc2c(c1)c1ccccc1n2-c1ccc2c(c1)Oc1cc(N3c4ccccc4Sc4ccccc43)ccc1C21c2cccnc2-c2ncccc21. The van der Waals surface area contributed by atoms with Crippen molar-refractivity contribution < 1.29 is 4.74 Å². The van der Waals surface area contributed by atoms with Crippen molar-refractivity contribution in [1.29, 1.82) is 5.26 Å². The normalized spacial score (nSPS) is 14.0. The molecule has 6 aromatic carbocycles. The van der Waals surface area contributed by atoms with E-state index in [1.807, 2.05) is 48.8 Å². The molecule has 55 heavy (non-hydrogen) atoms. The Hall–Kier alpha value is -7.14. The molecule has 0 amide bonds. The van der Waals surface area contributed by atoms with Gasteiger partial charge < -0.3 is 14.2 Å². The molecule has 3 aromatic heterocycles. The van der Waals surface area contributed by atoms with Crippen molar-refractivity contribution in [2.24, 2.45) is 0 Å². The van der Waals surface area contributed by atoms with Crippen LogP contribution in [-0.2, 0) is 5.41 Å². The fraction of sp³-hybridized carbons (Fsp3) is 0.0208. The highest BCUT2D eigenvalue weighted by molar-refractivity contribution is 7.99. The molecule has 5 heterocycles. The minimum atomic E-state index is -0.719. The van der Waals surface area contributed by atoms with Gasteiger partial charge in [-0.3, -0.25) is 9.97 Å². The second kappa shape index (κ2) is 11.2. The Morgan fingerprint density at radius 2 is 1.15 bits per heavy atom. The molecule has 256 valence electrons. The number of pyridine rings is 2. The summed E-state index contributed by atoms with van der Waals surface area (Å²) >= 11 is 1.80. The van der Waals surface area contributed by atoms with E-state index < -0.39 is 5.41 Å².